The van der Waals surface area contributed by atoms with E-state index < -0.39 is 12.6 Å². The van der Waals surface area contributed by atoms with Crippen molar-refractivity contribution in [3.05, 3.63) is 0 Å². The molecule has 1 saturated heterocycles. The van der Waals surface area contributed by atoms with Gasteiger partial charge in [-0.25, -0.2) is 0 Å². The first kappa shape index (κ1) is 18.6. The van der Waals surface area contributed by atoms with Gasteiger partial charge in [-0.3, -0.25) is 9.79 Å². The molecular weight excluding hydrogens is 297 g/mol. The lowest BCUT2D eigenvalue weighted by Gasteiger charge is -2.36. The number of amides is 1. The minimum absolute atomic E-state index is 0.0636. The molecule has 1 rings (SSSR count). The Hall–Kier alpha value is -1.47. The maximum atomic E-state index is 12.1. The molecule has 1 heterocycles. The fourth-order valence-corrected chi connectivity index (χ4v) is 2.28. The average molecular weight is 322 g/mol. The van der Waals surface area contributed by atoms with Crippen LogP contribution in [0, 0.1) is 0 Å². The van der Waals surface area contributed by atoms with Crippen LogP contribution in [0.1, 0.15) is 33.1 Å². The number of piperazine rings is 1. The Labute approximate surface area is 129 Å². The van der Waals surface area contributed by atoms with Crippen molar-refractivity contribution in [1.29, 1.82) is 0 Å². The standard InChI is InChI=1S/C14H25F3N4O/c1-3-18-13(19-7-5-4-6-14(15,16)17)21-10-8-20(9-11-21)12(2)22/h3-11H2,1-2H3,(H,18,19). The highest BCUT2D eigenvalue weighted by atomic mass is 19.4. The molecule has 1 aliphatic rings. The van der Waals surface area contributed by atoms with Gasteiger partial charge in [0.1, 0.15) is 0 Å². The van der Waals surface area contributed by atoms with Gasteiger partial charge in [0.2, 0.25) is 5.91 Å². The van der Waals surface area contributed by atoms with Crippen LogP contribution < -0.4 is 5.32 Å². The largest absolute Gasteiger partial charge is 0.389 e. The number of hydrogen-bond acceptors (Lipinski definition) is 2. The number of hydrogen-bond donors (Lipinski definition) is 1. The normalized spacial score (nSPS) is 16.9. The molecule has 0 spiro atoms. The molecule has 1 fully saturated rings. The molecule has 1 N–H and O–H groups in total. The molecule has 1 aliphatic heterocycles. The summed E-state index contributed by atoms with van der Waals surface area (Å²) < 4.78 is 36.2. The lowest BCUT2D eigenvalue weighted by atomic mass is 10.2. The lowest BCUT2D eigenvalue weighted by molar-refractivity contribution is -0.135. The fourth-order valence-electron chi connectivity index (χ4n) is 2.28. The quantitative estimate of drug-likeness (QED) is 0.477. The van der Waals surface area contributed by atoms with Crippen molar-refractivity contribution in [3.63, 3.8) is 0 Å². The Morgan fingerprint density at radius 1 is 1.14 bits per heavy atom. The van der Waals surface area contributed by atoms with Crippen molar-refractivity contribution in [2.75, 3.05) is 39.3 Å². The minimum Gasteiger partial charge on any atom is -0.357 e. The molecule has 5 nitrogen and oxygen atoms in total. The number of rotatable bonds is 5. The second-order valence-electron chi connectivity index (χ2n) is 5.30. The summed E-state index contributed by atoms with van der Waals surface area (Å²) >= 11 is 0. The number of alkyl halides is 3. The van der Waals surface area contributed by atoms with E-state index in [-0.39, 0.29) is 12.3 Å². The summed E-state index contributed by atoms with van der Waals surface area (Å²) in [5.41, 5.74) is 0. The first-order valence-electron chi connectivity index (χ1n) is 7.69. The van der Waals surface area contributed by atoms with Gasteiger partial charge >= 0.3 is 6.18 Å². The van der Waals surface area contributed by atoms with E-state index in [1.807, 2.05) is 11.8 Å². The number of aliphatic imine (C=N–C) groups is 1. The monoisotopic (exact) mass is 322 g/mol. The van der Waals surface area contributed by atoms with E-state index in [0.717, 1.165) is 5.96 Å². The lowest BCUT2D eigenvalue weighted by Crippen LogP contribution is -2.53. The predicted molar refractivity (Wildman–Crippen MR) is 79.7 cm³/mol. The summed E-state index contributed by atoms with van der Waals surface area (Å²) in [6.07, 6.45) is -4.32. The number of unbranched alkanes of at least 4 members (excludes halogenated alkanes) is 1. The molecule has 1 amide bonds. The number of carbonyl (C=O) groups excluding carboxylic acids is 1. The van der Waals surface area contributed by atoms with Crippen LogP contribution >= 0.6 is 0 Å². The summed E-state index contributed by atoms with van der Waals surface area (Å²) in [7, 11) is 0. The molecule has 0 radical (unpaired) electrons. The summed E-state index contributed by atoms with van der Waals surface area (Å²) in [4.78, 5) is 19.5. The van der Waals surface area contributed by atoms with Gasteiger partial charge in [-0.1, -0.05) is 0 Å². The smallest absolute Gasteiger partial charge is 0.357 e. The van der Waals surface area contributed by atoms with Gasteiger partial charge in [0.25, 0.3) is 0 Å². The highest BCUT2D eigenvalue weighted by Crippen LogP contribution is 2.22. The first-order valence-corrected chi connectivity index (χ1v) is 7.69. The van der Waals surface area contributed by atoms with Crippen molar-refractivity contribution in [1.82, 2.24) is 15.1 Å². The zero-order valence-electron chi connectivity index (χ0n) is 13.2. The summed E-state index contributed by atoms with van der Waals surface area (Å²) in [5.74, 6) is 0.784. The summed E-state index contributed by atoms with van der Waals surface area (Å²) in [5, 5.41) is 3.15. The van der Waals surface area contributed by atoms with Gasteiger partial charge in [0.15, 0.2) is 5.96 Å². The molecule has 0 aliphatic carbocycles. The predicted octanol–water partition coefficient (Wildman–Crippen LogP) is 1.85. The van der Waals surface area contributed by atoms with Crippen LogP contribution in [-0.2, 0) is 4.79 Å². The van der Waals surface area contributed by atoms with Gasteiger partial charge in [0.05, 0.1) is 0 Å². The van der Waals surface area contributed by atoms with E-state index in [9.17, 15) is 18.0 Å². The molecule has 0 aromatic rings. The second-order valence-corrected chi connectivity index (χ2v) is 5.30. The molecule has 0 aromatic carbocycles. The van der Waals surface area contributed by atoms with E-state index in [0.29, 0.717) is 45.7 Å². The van der Waals surface area contributed by atoms with Gasteiger partial charge in [-0.2, -0.15) is 13.2 Å². The van der Waals surface area contributed by atoms with Crippen molar-refractivity contribution in [3.8, 4) is 0 Å². The molecule has 128 valence electrons. The number of nitrogens with one attached hydrogen (secondary N) is 1. The number of halogens is 3. The third kappa shape index (κ3) is 7.00. The van der Waals surface area contributed by atoms with Crippen molar-refractivity contribution in [2.24, 2.45) is 4.99 Å². The highest BCUT2D eigenvalue weighted by molar-refractivity contribution is 5.80. The summed E-state index contributed by atoms with van der Waals surface area (Å²) in [6.45, 7) is 7.25. The van der Waals surface area contributed by atoms with Crippen molar-refractivity contribution < 1.29 is 18.0 Å². The van der Waals surface area contributed by atoms with E-state index in [2.05, 4.69) is 10.3 Å². The molecule has 0 saturated carbocycles. The molecule has 0 atom stereocenters. The Bertz CT molecular complexity index is 377. The topological polar surface area (TPSA) is 47.9 Å². The molecule has 8 heteroatoms. The minimum atomic E-state index is -4.09. The zero-order chi connectivity index (χ0) is 16.6. The second kappa shape index (κ2) is 8.85. The number of nitrogens with zero attached hydrogens (tertiary/aromatic N) is 3. The van der Waals surface area contributed by atoms with E-state index >= 15 is 0 Å². The van der Waals surface area contributed by atoms with Crippen molar-refractivity contribution >= 4 is 11.9 Å². The Morgan fingerprint density at radius 2 is 1.73 bits per heavy atom. The van der Waals surface area contributed by atoms with Gasteiger partial charge in [-0.05, 0) is 19.8 Å². The van der Waals surface area contributed by atoms with Crippen LogP contribution in [0.3, 0.4) is 0 Å². The average Bonchev–Trinajstić information content (AvgIpc) is 2.44. The fraction of sp³-hybridized carbons (Fsp3) is 0.857. The zero-order valence-corrected chi connectivity index (χ0v) is 13.2. The van der Waals surface area contributed by atoms with Crippen LogP contribution in [0.5, 0.6) is 0 Å². The maximum Gasteiger partial charge on any atom is 0.389 e. The molecule has 0 aromatic heterocycles. The first-order chi connectivity index (χ1) is 10.3. The van der Waals surface area contributed by atoms with Crippen LogP contribution in [0.4, 0.5) is 13.2 Å². The maximum absolute atomic E-state index is 12.1. The van der Waals surface area contributed by atoms with Crippen LogP contribution in [0.15, 0.2) is 4.99 Å². The van der Waals surface area contributed by atoms with E-state index in [1.54, 1.807) is 11.8 Å². The molecule has 22 heavy (non-hydrogen) atoms. The molecule has 0 unspecified atom stereocenters. The van der Waals surface area contributed by atoms with Gasteiger partial charge in [-0.15, -0.1) is 0 Å². The highest BCUT2D eigenvalue weighted by Gasteiger charge is 2.26. The van der Waals surface area contributed by atoms with E-state index in [4.69, 9.17) is 0 Å². The molecular formula is C14H25F3N4O. The van der Waals surface area contributed by atoms with Crippen LogP contribution in [0.2, 0.25) is 0 Å². The van der Waals surface area contributed by atoms with Gasteiger partial charge in [0, 0.05) is 52.6 Å². The summed E-state index contributed by atoms with van der Waals surface area (Å²) in [6, 6.07) is 0. The Kier molecular flexibility index (Phi) is 7.47. The van der Waals surface area contributed by atoms with E-state index in [1.165, 1.54) is 0 Å². The SMILES string of the molecule is CCNC(=NCCCCC(F)(F)F)N1CCN(C(C)=O)CC1. The molecule has 0 bridgehead atoms. The Balaban J connectivity index is 2.41. The third-order valence-corrected chi connectivity index (χ3v) is 3.49. The Morgan fingerprint density at radius 3 is 2.23 bits per heavy atom. The number of guanidine groups is 1. The van der Waals surface area contributed by atoms with Gasteiger partial charge < -0.3 is 15.1 Å². The van der Waals surface area contributed by atoms with Crippen LogP contribution in [-0.4, -0.2) is 67.1 Å². The van der Waals surface area contributed by atoms with Crippen molar-refractivity contribution in [2.45, 2.75) is 39.3 Å². The number of carbonyl (C=O) groups is 1. The third-order valence-electron chi connectivity index (χ3n) is 3.49. The van der Waals surface area contributed by atoms with Crippen LogP contribution in [0.25, 0.3) is 0 Å².